The van der Waals surface area contributed by atoms with E-state index < -0.39 is 29.3 Å². The summed E-state index contributed by atoms with van der Waals surface area (Å²) in [7, 11) is 0. The third-order valence-electron chi connectivity index (χ3n) is 7.04. The summed E-state index contributed by atoms with van der Waals surface area (Å²) in [5.74, 6) is 1.94. The van der Waals surface area contributed by atoms with E-state index in [2.05, 4.69) is 23.5 Å². The highest BCUT2D eigenvalue weighted by atomic mass is 16.6. The first-order chi connectivity index (χ1) is 19.2. The van der Waals surface area contributed by atoms with Crippen LogP contribution in [0.2, 0.25) is 0 Å². The number of alkyl carbamates (subject to hydrolysis) is 1. The standard InChI is InChI=1S/C34H47N3O4/c1-10-16-24(4)35-30(38)29(27-21-19-25(11-2)20-22-27)37(34(8,9)12-3)31(39)28(23-26-17-14-13-15-18-26)36-32(40)41-33(5,6)7/h2,13-15,17-22,24,28-29H,10,12,16,23H2,1,3-9H3,(H,35,38)(H,36,40). The van der Waals surface area contributed by atoms with Gasteiger partial charge in [-0.05, 0) is 77.6 Å². The molecule has 7 nitrogen and oxygen atoms in total. The van der Waals surface area contributed by atoms with Gasteiger partial charge in [0, 0.05) is 23.6 Å². The molecular weight excluding hydrogens is 514 g/mol. The summed E-state index contributed by atoms with van der Waals surface area (Å²) < 4.78 is 5.53. The normalized spacial score (nSPS) is 13.7. The number of nitrogens with one attached hydrogen (secondary N) is 2. The van der Waals surface area contributed by atoms with Gasteiger partial charge in [-0.15, -0.1) is 6.42 Å². The molecule has 0 saturated heterocycles. The van der Waals surface area contributed by atoms with Crippen LogP contribution in [0.3, 0.4) is 0 Å². The molecule has 0 radical (unpaired) electrons. The molecule has 3 unspecified atom stereocenters. The number of hydrogen-bond acceptors (Lipinski definition) is 4. The molecule has 0 fully saturated rings. The predicted molar refractivity (Wildman–Crippen MR) is 164 cm³/mol. The van der Waals surface area contributed by atoms with Crippen molar-refractivity contribution in [1.29, 1.82) is 0 Å². The molecular formula is C34H47N3O4. The second-order valence-electron chi connectivity index (χ2n) is 12.1. The summed E-state index contributed by atoms with van der Waals surface area (Å²) in [4.78, 5) is 43.3. The van der Waals surface area contributed by atoms with Crippen molar-refractivity contribution < 1.29 is 19.1 Å². The van der Waals surface area contributed by atoms with Gasteiger partial charge in [0.05, 0.1) is 0 Å². The van der Waals surface area contributed by atoms with Crippen molar-refractivity contribution in [3.05, 3.63) is 71.3 Å². The monoisotopic (exact) mass is 561 g/mol. The first-order valence-corrected chi connectivity index (χ1v) is 14.5. The first kappa shape index (κ1) is 33.4. The highest BCUT2D eigenvalue weighted by molar-refractivity contribution is 5.93. The SMILES string of the molecule is C#Cc1ccc(C(C(=O)NC(C)CCC)N(C(=O)C(Cc2ccccc2)NC(=O)OC(C)(C)C)C(C)(C)CC)cc1. The van der Waals surface area contributed by atoms with Gasteiger partial charge >= 0.3 is 6.09 Å². The van der Waals surface area contributed by atoms with E-state index in [1.54, 1.807) is 49.9 Å². The van der Waals surface area contributed by atoms with E-state index in [-0.39, 0.29) is 24.3 Å². The Hall–Kier alpha value is -3.79. The molecule has 41 heavy (non-hydrogen) atoms. The van der Waals surface area contributed by atoms with Gasteiger partial charge in [-0.3, -0.25) is 9.59 Å². The molecule has 0 aliphatic carbocycles. The molecule has 0 spiro atoms. The number of ether oxygens (including phenoxy) is 1. The van der Waals surface area contributed by atoms with Crippen LogP contribution in [-0.4, -0.2) is 46.0 Å². The van der Waals surface area contributed by atoms with Crippen LogP contribution in [0.5, 0.6) is 0 Å². The molecule has 2 aromatic carbocycles. The second-order valence-corrected chi connectivity index (χ2v) is 12.1. The molecule has 7 heteroatoms. The van der Waals surface area contributed by atoms with E-state index >= 15 is 0 Å². The summed E-state index contributed by atoms with van der Waals surface area (Å²) in [6, 6.07) is 14.6. The van der Waals surface area contributed by atoms with Crippen molar-refractivity contribution in [2.45, 2.75) is 110 Å². The van der Waals surface area contributed by atoms with Gasteiger partial charge in [0.1, 0.15) is 17.7 Å². The van der Waals surface area contributed by atoms with E-state index in [9.17, 15) is 14.4 Å². The summed E-state index contributed by atoms with van der Waals surface area (Å²) in [6.07, 6.45) is 7.40. The van der Waals surface area contributed by atoms with Crippen LogP contribution in [0, 0.1) is 12.3 Å². The maximum Gasteiger partial charge on any atom is 0.408 e. The zero-order chi connectivity index (χ0) is 30.8. The highest BCUT2D eigenvalue weighted by Gasteiger charge is 2.43. The fraction of sp³-hybridized carbons (Fsp3) is 0.500. The Kier molecular flexibility index (Phi) is 12.0. The van der Waals surface area contributed by atoms with Crippen LogP contribution in [0.15, 0.2) is 54.6 Å². The fourth-order valence-corrected chi connectivity index (χ4v) is 4.62. The largest absolute Gasteiger partial charge is 0.444 e. The average molecular weight is 562 g/mol. The minimum Gasteiger partial charge on any atom is -0.444 e. The zero-order valence-corrected chi connectivity index (χ0v) is 25.9. The van der Waals surface area contributed by atoms with E-state index in [1.165, 1.54) is 0 Å². The molecule has 0 saturated carbocycles. The van der Waals surface area contributed by atoms with Crippen molar-refractivity contribution in [1.82, 2.24) is 15.5 Å². The van der Waals surface area contributed by atoms with Crippen molar-refractivity contribution >= 4 is 17.9 Å². The summed E-state index contributed by atoms with van der Waals surface area (Å²) in [5, 5.41) is 5.93. The third kappa shape index (κ3) is 9.97. The summed E-state index contributed by atoms with van der Waals surface area (Å²) in [5.41, 5.74) is 0.683. The van der Waals surface area contributed by atoms with Crippen LogP contribution in [0.1, 0.15) is 97.4 Å². The van der Waals surface area contributed by atoms with Crippen LogP contribution >= 0.6 is 0 Å². The lowest BCUT2D eigenvalue weighted by Crippen LogP contribution is -2.60. The van der Waals surface area contributed by atoms with Gasteiger partial charge in [0.2, 0.25) is 11.8 Å². The molecule has 0 aromatic heterocycles. The number of amides is 3. The van der Waals surface area contributed by atoms with E-state index in [4.69, 9.17) is 11.2 Å². The predicted octanol–water partition coefficient (Wildman–Crippen LogP) is 6.17. The van der Waals surface area contributed by atoms with Gasteiger partial charge in [-0.25, -0.2) is 4.79 Å². The maximum absolute atomic E-state index is 14.7. The second kappa shape index (κ2) is 14.7. The van der Waals surface area contributed by atoms with Crippen molar-refractivity contribution in [2.75, 3.05) is 0 Å². The Morgan fingerprint density at radius 2 is 1.56 bits per heavy atom. The highest BCUT2D eigenvalue weighted by Crippen LogP contribution is 2.33. The number of terminal acetylenes is 1. The molecule has 2 N–H and O–H groups in total. The number of carbonyl (C=O) groups is 3. The summed E-state index contributed by atoms with van der Waals surface area (Å²) >= 11 is 0. The molecule has 0 heterocycles. The van der Waals surface area contributed by atoms with Crippen molar-refractivity contribution in [3.63, 3.8) is 0 Å². The van der Waals surface area contributed by atoms with Gasteiger partial charge < -0.3 is 20.3 Å². The van der Waals surface area contributed by atoms with Crippen molar-refractivity contribution in [2.24, 2.45) is 0 Å². The Bertz CT molecular complexity index is 1190. The van der Waals surface area contributed by atoms with Gasteiger partial charge in [-0.2, -0.15) is 0 Å². The maximum atomic E-state index is 14.7. The van der Waals surface area contributed by atoms with Crippen LogP contribution in [0.25, 0.3) is 0 Å². The smallest absolute Gasteiger partial charge is 0.408 e. The van der Waals surface area contributed by atoms with Crippen molar-refractivity contribution in [3.8, 4) is 12.3 Å². The van der Waals surface area contributed by atoms with Crippen LogP contribution in [-0.2, 0) is 20.7 Å². The molecule has 3 atom stereocenters. The number of rotatable bonds is 12. The Labute approximate surface area is 246 Å². The zero-order valence-electron chi connectivity index (χ0n) is 25.9. The molecule has 2 aromatic rings. The Balaban J connectivity index is 2.66. The van der Waals surface area contributed by atoms with Gasteiger partial charge in [-0.1, -0.05) is 68.7 Å². The number of nitrogens with zero attached hydrogens (tertiary/aromatic N) is 1. The van der Waals surface area contributed by atoms with Gasteiger partial charge in [0.15, 0.2) is 0 Å². The fourth-order valence-electron chi connectivity index (χ4n) is 4.62. The number of benzene rings is 2. The van der Waals surface area contributed by atoms with Gasteiger partial charge in [0.25, 0.3) is 0 Å². The van der Waals surface area contributed by atoms with E-state index in [0.717, 1.165) is 18.4 Å². The molecule has 3 amide bonds. The lowest BCUT2D eigenvalue weighted by molar-refractivity contribution is -0.149. The minimum atomic E-state index is -0.980. The molecule has 0 bridgehead atoms. The summed E-state index contributed by atoms with van der Waals surface area (Å²) in [6.45, 7) is 15.2. The lowest BCUT2D eigenvalue weighted by Gasteiger charge is -2.45. The number of hydrogen-bond donors (Lipinski definition) is 2. The Morgan fingerprint density at radius 3 is 2.07 bits per heavy atom. The van der Waals surface area contributed by atoms with Crippen LogP contribution in [0.4, 0.5) is 4.79 Å². The molecule has 0 aliphatic rings. The Morgan fingerprint density at radius 1 is 0.951 bits per heavy atom. The average Bonchev–Trinajstić information content (AvgIpc) is 2.90. The van der Waals surface area contributed by atoms with Crippen LogP contribution < -0.4 is 10.6 Å². The lowest BCUT2D eigenvalue weighted by atomic mass is 9.90. The minimum absolute atomic E-state index is 0.0818. The first-order valence-electron chi connectivity index (χ1n) is 14.5. The van der Waals surface area contributed by atoms with E-state index in [0.29, 0.717) is 17.5 Å². The molecule has 2 rings (SSSR count). The topological polar surface area (TPSA) is 87.7 Å². The number of carbonyl (C=O) groups excluding carboxylic acids is 3. The quantitative estimate of drug-likeness (QED) is 0.304. The molecule has 0 aliphatic heterocycles. The van der Waals surface area contributed by atoms with E-state index in [1.807, 2.05) is 58.0 Å². The molecule has 222 valence electrons. The third-order valence-corrected chi connectivity index (χ3v) is 7.04.